The minimum absolute atomic E-state index is 0.00984. The van der Waals surface area contributed by atoms with Crippen LogP contribution in [-0.4, -0.2) is 25.3 Å². The number of benzene rings is 1. The summed E-state index contributed by atoms with van der Waals surface area (Å²) in [7, 11) is 0. The number of alkyl halides is 3. The highest BCUT2D eigenvalue weighted by molar-refractivity contribution is 6.32. The molecule has 1 saturated carbocycles. The molecule has 0 aliphatic heterocycles. The van der Waals surface area contributed by atoms with E-state index < -0.39 is 28.8 Å². The largest absolute Gasteiger partial charge is 0.436 e. The average Bonchev–Trinajstić information content (AvgIpc) is 3.43. The van der Waals surface area contributed by atoms with Gasteiger partial charge in [-0.25, -0.2) is 9.07 Å². The van der Waals surface area contributed by atoms with Gasteiger partial charge in [-0.1, -0.05) is 31.0 Å². The predicted octanol–water partition coefficient (Wildman–Crippen LogP) is 6.22. The Kier molecular flexibility index (Phi) is 6.35. The Hall–Kier alpha value is -2.68. The van der Waals surface area contributed by atoms with Crippen molar-refractivity contribution in [3.8, 4) is 5.69 Å². The van der Waals surface area contributed by atoms with Crippen LogP contribution in [0.25, 0.3) is 5.69 Å². The highest BCUT2D eigenvalue weighted by atomic mass is 35.5. The fourth-order valence-corrected chi connectivity index (χ4v) is 4.35. The van der Waals surface area contributed by atoms with Gasteiger partial charge in [-0.15, -0.1) is 0 Å². The summed E-state index contributed by atoms with van der Waals surface area (Å²) in [6.07, 6.45) is -0.364. The Bertz CT molecular complexity index is 1180. The molecule has 1 aliphatic carbocycles. The third-order valence-electron chi connectivity index (χ3n) is 5.84. The molecule has 1 atom stereocenters. The molecule has 10 heteroatoms. The highest BCUT2D eigenvalue weighted by Gasteiger charge is 2.40. The molecule has 0 N–H and O–H groups in total. The van der Waals surface area contributed by atoms with Gasteiger partial charge < -0.3 is 0 Å². The van der Waals surface area contributed by atoms with Crippen molar-refractivity contribution in [2.24, 2.45) is 0 Å². The van der Waals surface area contributed by atoms with E-state index in [-0.39, 0.29) is 23.8 Å². The second kappa shape index (κ2) is 8.93. The summed E-state index contributed by atoms with van der Waals surface area (Å²) in [5.74, 6) is -0.452. The van der Waals surface area contributed by atoms with Gasteiger partial charge in [-0.3, -0.25) is 9.48 Å². The van der Waals surface area contributed by atoms with E-state index in [4.69, 9.17) is 11.6 Å². The maximum Gasteiger partial charge on any atom is 0.436 e. The first kappa shape index (κ1) is 23.5. The third kappa shape index (κ3) is 4.69. The SMILES string of the molecule is CCCC(C(=O)Cc1cnn(-c2cccc(F)c2)c1C1CC1)n1nc(C(F)(F)F)c(Cl)c1C. The summed E-state index contributed by atoms with van der Waals surface area (Å²) in [4.78, 5) is 13.3. The van der Waals surface area contributed by atoms with E-state index in [1.807, 2.05) is 6.92 Å². The Morgan fingerprint density at radius 2 is 2.03 bits per heavy atom. The van der Waals surface area contributed by atoms with Crippen molar-refractivity contribution >= 4 is 17.4 Å². The van der Waals surface area contributed by atoms with E-state index in [9.17, 15) is 22.4 Å². The molecule has 0 radical (unpaired) electrons. The predicted molar refractivity (Wildman–Crippen MR) is 115 cm³/mol. The summed E-state index contributed by atoms with van der Waals surface area (Å²) >= 11 is 5.91. The average molecular weight is 483 g/mol. The number of halogens is 5. The van der Waals surface area contributed by atoms with Gasteiger partial charge in [0.15, 0.2) is 11.5 Å². The number of ketones is 1. The molecule has 1 aromatic carbocycles. The van der Waals surface area contributed by atoms with Crippen LogP contribution in [0.3, 0.4) is 0 Å². The monoisotopic (exact) mass is 482 g/mol. The van der Waals surface area contributed by atoms with Crippen molar-refractivity contribution in [3.05, 3.63) is 63.9 Å². The van der Waals surface area contributed by atoms with Crippen molar-refractivity contribution in [1.82, 2.24) is 19.6 Å². The zero-order valence-corrected chi connectivity index (χ0v) is 18.9. The van der Waals surface area contributed by atoms with Crippen LogP contribution in [0.5, 0.6) is 0 Å². The van der Waals surface area contributed by atoms with Crippen molar-refractivity contribution in [2.75, 3.05) is 0 Å². The molecule has 0 spiro atoms. The Morgan fingerprint density at radius 1 is 1.30 bits per heavy atom. The van der Waals surface area contributed by atoms with Crippen LogP contribution in [0.15, 0.2) is 30.5 Å². The number of hydrogen-bond donors (Lipinski definition) is 0. The second-order valence-corrected chi connectivity index (χ2v) is 8.74. The fraction of sp³-hybridized carbons (Fsp3) is 0.435. The zero-order valence-electron chi connectivity index (χ0n) is 18.2. The Balaban J connectivity index is 1.67. The van der Waals surface area contributed by atoms with Crippen LogP contribution < -0.4 is 0 Å². The maximum atomic E-state index is 13.8. The lowest BCUT2D eigenvalue weighted by molar-refractivity contribution is -0.141. The molecule has 5 nitrogen and oxygen atoms in total. The molecule has 2 aromatic heterocycles. The molecular formula is C23H23ClF4N4O. The number of aromatic nitrogens is 4. The highest BCUT2D eigenvalue weighted by Crippen LogP contribution is 2.43. The first-order valence-corrected chi connectivity index (χ1v) is 11.2. The van der Waals surface area contributed by atoms with Crippen molar-refractivity contribution in [1.29, 1.82) is 0 Å². The molecule has 4 rings (SSSR count). The molecule has 1 unspecified atom stereocenters. The summed E-state index contributed by atoms with van der Waals surface area (Å²) < 4.78 is 56.4. The van der Waals surface area contributed by atoms with E-state index in [1.54, 1.807) is 23.0 Å². The summed E-state index contributed by atoms with van der Waals surface area (Å²) in [5.41, 5.74) is 1.02. The number of rotatable bonds is 8. The molecule has 0 amide bonds. The summed E-state index contributed by atoms with van der Waals surface area (Å²) in [6, 6.07) is 5.16. The van der Waals surface area contributed by atoms with E-state index in [0.29, 0.717) is 24.1 Å². The normalized spacial score (nSPS) is 15.1. The van der Waals surface area contributed by atoms with Gasteiger partial charge in [0.2, 0.25) is 0 Å². The number of carbonyl (C=O) groups excluding carboxylic acids is 1. The first-order valence-electron chi connectivity index (χ1n) is 10.8. The summed E-state index contributed by atoms with van der Waals surface area (Å²) in [5, 5.41) is 7.57. The number of carbonyl (C=O) groups is 1. The van der Waals surface area contributed by atoms with Crippen LogP contribution >= 0.6 is 11.6 Å². The van der Waals surface area contributed by atoms with E-state index in [1.165, 1.54) is 19.1 Å². The molecule has 1 aliphatic rings. The minimum atomic E-state index is -4.71. The maximum absolute atomic E-state index is 13.8. The smallest absolute Gasteiger partial charge is 0.297 e. The third-order valence-corrected chi connectivity index (χ3v) is 6.29. The van der Waals surface area contributed by atoms with Gasteiger partial charge in [0.1, 0.15) is 11.9 Å². The second-order valence-electron chi connectivity index (χ2n) is 8.36. The lowest BCUT2D eigenvalue weighted by atomic mass is 9.99. The standard InChI is InChI=1S/C23H23ClF4N4O/c1-3-5-18(31-13(2)20(24)22(30-31)23(26,27)28)19(33)10-15-12-29-32(21(15)14-8-9-14)17-7-4-6-16(25)11-17/h4,6-7,11-12,14,18H,3,5,8-10H2,1-2H3. The molecule has 0 saturated heterocycles. The molecular weight excluding hydrogens is 460 g/mol. The van der Waals surface area contributed by atoms with Gasteiger partial charge in [-0.2, -0.15) is 23.4 Å². The van der Waals surface area contributed by atoms with Gasteiger partial charge in [0.05, 0.1) is 28.3 Å². The fourth-order valence-electron chi connectivity index (χ4n) is 4.12. The minimum Gasteiger partial charge on any atom is -0.297 e. The first-order chi connectivity index (χ1) is 15.6. The number of hydrogen-bond acceptors (Lipinski definition) is 3. The van der Waals surface area contributed by atoms with E-state index in [2.05, 4.69) is 10.2 Å². The Labute approximate surface area is 193 Å². The lowest BCUT2D eigenvalue weighted by Crippen LogP contribution is -2.24. The van der Waals surface area contributed by atoms with Gasteiger partial charge in [0.25, 0.3) is 0 Å². The van der Waals surface area contributed by atoms with Gasteiger partial charge >= 0.3 is 6.18 Å². The van der Waals surface area contributed by atoms with Crippen LogP contribution in [0, 0.1) is 12.7 Å². The molecule has 3 aromatic rings. The van der Waals surface area contributed by atoms with Crippen molar-refractivity contribution < 1.29 is 22.4 Å². The van der Waals surface area contributed by atoms with Crippen molar-refractivity contribution in [2.45, 2.75) is 64.1 Å². The van der Waals surface area contributed by atoms with E-state index in [0.717, 1.165) is 23.2 Å². The zero-order chi connectivity index (χ0) is 23.9. The summed E-state index contributed by atoms with van der Waals surface area (Å²) in [6.45, 7) is 3.28. The Morgan fingerprint density at radius 3 is 2.61 bits per heavy atom. The number of nitrogens with zero attached hydrogens (tertiary/aromatic N) is 4. The van der Waals surface area contributed by atoms with Crippen LogP contribution in [0.4, 0.5) is 17.6 Å². The quantitative estimate of drug-likeness (QED) is 0.358. The topological polar surface area (TPSA) is 52.7 Å². The van der Waals surface area contributed by atoms with Gasteiger partial charge in [0, 0.05) is 17.9 Å². The number of Topliss-reactive ketones (excluding diaryl/α,β-unsaturated/α-hetero) is 1. The van der Waals surface area contributed by atoms with E-state index >= 15 is 0 Å². The molecule has 0 bridgehead atoms. The van der Waals surface area contributed by atoms with Gasteiger partial charge in [-0.05, 0) is 44.4 Å². The van der Waals surface area contributed by atoms with Crippen LogP contribution in [0.1, 0.15) is 67.2 Å². The molecule has 176 valence electrons. The molecule has 2 heterocycles. The lowest BCUT2D eigenvalue weighted by Gasteiger charge is -2.18. The van der Waals surface area contributed by atoms with Crippen molar-refractivity contribution in [3.63, 3.8) is 0 Å². The molecule has 1 fully saturated rings. The molecule has 33 heavy (non-hydrogen) atoms. The van der Waals surface area contributed by atoms with Crippen LogP contribution in [0.2, 0.25) is 5.02 Å². The van der Waals surface area contributed by atoms with Crippen LogP contribution in [-0.2, 0) is 17.4 Å².